The van der Waals surface area contributed by atoms with Crippen LogP contribution in [0.5, 0.6) is 0 Å². The summed E-state index contributed by atoms with van der Waals surface area (Å²) >= 11 is 0. The van der Waals surface area contributed by atoms with E-state index in [1.165, 1.54) is 5.56 Å². The molecule has 2 aromatic carbocycles. The third kappa shape index (κ3) is 3.43. The number of hydrogen-bond acceptors (Lipinski definition) is 2. The number of anilines is 1. The number of aryl methyl sites for hydroxylation is 2. The molecule has 0 aliphatic rings. The molecule has 2 aromatic rings. The van der Waals surface area contributed by atoms with Gasteiger partial charge in [-0.2, -0.15) is 0 Å². The van der Waals surface area contributed by atoms with Gasteiger partial charge in [-0.15, -0.1) is 0 Å². The summed E-state index contributed by atoms with van der Waals surface area (Å²) in [6.45, 7) is 6.06. The number of hydrogen-bond donors (Lipinski definition) is 2. The maximum absolute atomic E-state index is 12.5. The molecule has 0 aliphatic heterocycles. The van der Waals surface area contributed by atoms with Gasteiger partial charge in [0.05, 0.1) is 11.6 Å². The molecule has 3 heteroatoms. The average Bonchev–Trinajstić information content (AvgIpc) is 2.47. The van der Waals surface area contributed by atoms with Crippen LogP contribution in [0.1, 0.15) is 40.0 Å². The Morgan fingerprint density at radius 1 is 1.10 bits per heavy atom. The fourth-order valence-corrected chi connectivity index (χ4v) is 2.49. The lowest BCUT2D eigenvalue weighted by Gasteiger charge is -2.18. The smallest absolute Gasteiger partial charge is 0.253 e. The second kappa shape index (κ2) is 6.44. The minimum atomic E-state index is -0.0567. The van der Waals surface area contributed by atoms with Crippen molar-refractivity contribution in [2.24, 2.45) is 0 Å². The number of carbonyl (C=O) groups is 1. The van der Waals surface area contributed by atoms with Gasteiger partial charge >= 0.3 is 0 Å². The van der Waals surface area contributed by atoms with Gasteiger partial charge in [-0.3, -0.25) is 4.79 Å². The number of amides is 1. The van der Waals surface area contributed by atoms with Crippen molar-refractivity contribution in [3.63, 3.8) is 0 Å². The van der Waals surface area contributed by atoms with Crippen LogP contribution in [0.15, 0.2) is 42.5 Å². The summed E-state index contributed by atoms with van der Waals surface area (Å²) in [5.41, 5.74) is 4.92. The topological polar surface area (TPSA) is 41.1 Å². The molecule has 0 fully saturated rings. The SMILES string of the molecule is CNc1ccc(C)cc1C(=O)NC(C)c1ccccc1C. The third-order valence-electron chi connectivity index (χ3n) is 3.69. The molecule has 0 saturated heterocycles. The summed E-state index contributed by atoms with van der Waals surface area (Å²) in [4.78, 5) is 12.5. The highest BCUT2D eigenvalue weighted by molar-refractivity contribution is 6.00. The molecule has 1 unspecified atom stereocenters. The Labute approximate surface area is 126 Å². The van der Waals surface area contributed by atoms with Crippen LogP contribution in [0.4, 0.5) is 5.69 Å². The minimum Gasteiger partial charge on any atom is -0.387 e. The van der Waals surface area contributed by atoms with E-state index >= 15 is 0 Å². The second-order valence-corrected chi connectivity index (χ2v) is 5.35. The van der Waals surface area contributed by atoms with Crippen molar-refractivity contribution in [1.29, 1.82) is 0 Å². The molecule has 3 nitrogen and oxygen atoms in total. The van der Waals surface area contributed by atoms with Crippen LogP contribution in [0.25, 0.3) is 0 Å². The van der Waals surface area contributed by atoms with Gasteiger partial charge in [-0.25, -0.2) is 0 Å². The first kappa shape index (κ1) is 15.1. The fourth-order valence-electron chi connectivity index (χ4n) is 2.49. The summed E-state index contributed by atoms with van der Waals surface area (Å²) in [5.74, 6) is -0.0567. The quantitative estimate of drug-likeness (QED) is 0.894. The van der Waals surface area contributed by atoms with Crippen molar-refractivity contribution in [2.75, 3.05) is 12.4 Å². The summed E-state index contributed by atoms with van der Waals surface area (Å²) in [7, 11) is 1.83. The summed E-state index contributed by atoms with van der Waals surface area (Å²) in [6, 6.07) is 13.9. The van der Waals surface area contributed by atoms with E-state index in [1.54, 1.807) is 0 Å². The molecule has 110 valence electrons. The highest BCUT2D eigenvalue weighted by Gasteiger charge is 2.15. The first-order chi connectivity index (χ1) is 10.0. The van der Waals surface area contributed by atoms with Crippen molar-refractivity contribution in [3.8, 4) is 0 Å². The number of rotatable bonds is 4. The normalized spacial score (nSPS) is 11.8. The average molecular weight is 282 g/mol. The molecule has 0 heterocycles. The molecule has 21 heavy (non-hydrogen) atoms. The van der Waals surface area contributed by atoms with Gasteiger partial charge in [0.15, 0.2) is 0 Å². The zero-order valence-corrected chi connectivity index (χ0v) is 13.0. The van der Waals surface area contributed by atoms with Crippen LogP contribution in [0, 0.1) is 13.8 Å². The lowest BCUT2D eigenvalue weighted by atomic mass is 10.0. The highest BCUT2D eigenvalue weighted by Crippen LogP contribution is 2.20. The van der Waals surface area contributed by atoms with Gasteiger partial charge in [0.1, 0.15) is 0 Å². The summed E-state index contributed by atoms with van der Waals surface area (Å²) < 4.78 is 0. The van der Waals surface area contributed by atoms with Crippen LogP contribution < -0.4 is 10.6 Å². The van der Waals surface area contributed by atoms with E-state index in [0.717, 1.165) is 16.8 Å². The molecule has 0 bridgehead atoms. The standard InChI is InChI=1S/C18H22N2O/c1-12-9-10-17(19-4)16(11-12)18(21)20-14(3)15-8-6-5-7-13(15)2/h5-11,14,19H,1-4H3,(H,20,21). The van der Waals surface area contributed by atoms with E-state index in [4.69, 9.17) is 0 Å². The Kier molecular flexibility index (Phi) is 4.63. The van der Waals surface area contributed by atoms with E-state index < -0.39 is 0 Å². The second-order valence-electron chi connectivity index (χ2n) is 5.35. The molecule has 0 aromatic heterocycles. The van der Waals surface area contributed by atoms with Crippen molar-refractivity contribution in [2.45, 2.75) is 26.8 Å². The highest BCUT2D eigenvalue weighted by atomic mass is 16.1. The van der Waals surface area contributed by atoms with E-state index in [2.05, 4.69) is 29.7 Å². The zero-order valence-electron chi connectivity index (χ0n) is 13.0. The van der Waals surface area contributed by atoms with Gasteiger partial charge in [0.25, 0.3) is 5.91 Å². The Balaban J connectivity index is 2.22. The molecular weight excluding hydrogens is 260 g/mol. The predicted octanol–water partition coefficient (Wildman–Crippen LogP) is 3.84. The molecule has 0 aliphatic carbocycles. The molecule has 0 saturated carbocycles. The summed E-state index contributed by atoms with van der Waals surface area (Å²) in [6.07, 6.45) is 0. The Morgan fingerprint density at radius 2 is 1.81 bits per heavy atom. The number of benzene rings is 2. The third-order valence-corrected chi connectivity index (χ3v) is 3.69. The summed E-state index contributed by atoms with van der Waals surface area (Å²) in [5, 5.41) is 6.14. The van der Waals surface area contributed by atoms with Gasteiger partial charge in [-0.05, 0) is 44.0 Å². The van der Waals surface area contributed by atoms with E-state index in [-0.39, 0.29) is 11.9 Å². The Morgan fingerprint density at radius 3 is 2.48 bits per heavy atom. The largest absolute Gasteiger partial charge is 0.387 e. The van der Waals surface area contributed by atoms with Crippen LogP contribution in [0.2, 0.25) is 0 Å². The number of nitrogens with one attached hydrogen (secondary N) is 2. The maximum Gasteiger partial charge on any atom is 0.253 e. The monoisotopic (exact) mass is 282 g/mol. The lowest BCUT2D eigenvalue weighted by Crippen LogP contribution is -2.27. The lowest BCUT2D eigenvalue weighted by molar-refractivity contribution is 0.0940. The maximum atomic E-state index is 12.5. The van der Waals surface area contributed by atoms with E-state index in [1.807, 2.05) is 51.2 Å². The molecule has 0 spiro atoms. The van der Waals surface area contributed by atoms with Gasteiger partial charge in [0.2, 0.25) is 0 Å². The van der Waals surface area contributed by atoms with Gasteiger partial charge in [0, 0.05) is 12.7 Å². The van der Waals surface area contributed by atoms with Crippen molar-refractivity contribution in [1.82, 2.24) is 5.32 Å². The molecule has 0 radical (unpaired) electrons. The number of carbonyl (C=O) groups excluding carboxylic acids is 1. The molecule has 2 N–H and O–H groups in total. The molecule has 2 rings (SSSR count). The van der Waals surface area contributed by atoms with E-state index in [9.17, 15) is 4.79 Å². The molecular formula is C18H22N2O. The molecule has 1 atom stereocenters. The van der Waals surface area contributed by atoms with Crippen molar-refractivity contribution < 1.29 is 4.79 Å². The Bertz CT molecular complexity index is 649. The molecule has 1 amide bonds. The van der Waals surface area contributed by atoms with Crippen molar-refractivity contribution >= 4 is 11.6 Å². The predicted molar refractivity (Wildman–Crippen MR) is 87.8 cm³/mol. The van der Waals surface area contributed by atoms with Gasteiger partial charge < -0.3 is 10.6 Å². The van der Waals surface area contributed by atoms with Gasteiger partial charge in [-0.1, -0.05) is 35.9 Å². The first-order valence-corrected chi connectivity index (χ1v) is 7.17. The Hall–Kier alpha value is -2.29. The van der Waals surface area contributed by atoms with E-state index in [0.29, 0.717) is 5.56 Å². The fraction of sp³-hybridized carbons (Fsp3) is 0.278. The van der Waals surface area contributed by atoms with Crippen LogP contribution in [-0.2, 0) is 0 Å². The van der Waals surface area contributed by atoms with Crippen molar-refractivity contribution in [3.05, 3.63) is 64.7 Å². The van der Waals surface area contributed by atoms with Crippen LogP contribution in [0.3, 0.4) is 0 Å². The first-order valence-electron chi connectivity index (χ1n) is 7.17. The zero-order chi connectivity index (χ0) is 15.4. The minimum absolute atomic E-state index is 0.0241. The van der Waals surface area contributed by atoms with Crippen LogP contribution >= 0.6 is 0 Å². The van der Waals surface area contributed by atoms with Crippen LogP contribution in [-0.4, -0.2) is 13.0 Å².